The molecule has 0 spiro atoms. The second-order valence-corrected chi connectivity index (χ2v) is 6.81. The predicted molar refractivity (Wildman–Crippen MR) is 77.7 cm³/mol. The molecule has 0 aliphatic carbocycles. The SMILES string of the molecule is CN(Cc1ccc2c(c1)OCO2)S(=O)(=O)c1ccccc1. The summed E-state index contributed by atoms with van der Waals surface area (Å²) < 4.78 is 36.7. The molecule has 0 saturated heterocycles. The molecule has 0 amide bonds. The van der Waals surface area contributed by atoms with E-state index in [1.807, 2.05) is 6.07 Å². The van der Waals surface area contributed by atoms with E-state index >= 15 is 0 Å². The van der Waals surface area contributed by atoms with Crippen molar-refractivity contribution in [2.24, 2.45) is 0 Å². The van der Waals surface area contributed by atoms with Crippen molar-refractivity contribution in [2.45, 2.75) is 11.4 Å². The van der Waals surface area contributed by atoms with Gasteiger partial charge in [0.2, 0.25) is 16.8 Å². The lowest BCUT2D eigenvalue weighted by molar-refractivity contribution is 0.174. The molecule has 2 aromatic rings. The molecule has 1 heterocycles. The van der Waals surface area contributed by atoms with Gasteiger partial charge in [0.25, 0.3) is 0 Å². The van der Waals surface area contributed by atoms with Crippen molar-refractivity contribution < 1.29 is 17.9 Å². The molecule has 0 bridgehead atoms. The third-order valence-electron chi connectivity index (χ3n) is 3.29. The van der Waals surface area contributed by atoms with Gasteiger partial charge in [0.1, 0.15) is 0 Å². The first-order chi connectivity index (χ1) is 10.1. The Kier molecular flexibility index (Phi) is 3.57. The van der Waals surface area contributed by atoms with E-state index in [-0.39, 0.29) is 18.2 Å². The summed E-state index contributed by atoms with van der Waals surface area (Å²) in [4.78, 5) is 0.285. The molecule has 3 rings (SSSR count). The van der Waals surface area contributed by atoms with Crippen molar-refractivity contribution in [3.8, 4) is 11.5 Å². The number of fused-ring (bicyclic) bond motifs is 1. The van der Waals surface area contributed by atoms with E-state index in [0.717, 1.165) is 5.56 Å². The van der Waals surface area contributed by atoms with E-state index < -0.39 is 10.0 Å². The van der Waals surface area contributed by atoms with Crippen molar-refractivity contribution >= 4 is 10.0 Å². The molecule has 2 aromatic carbocycles. The van der Waals surface area contributed by atoms with Crippen LogP contribution in [0.25, 0.3) is 0 Å². The number of nitrogens with zero attached hydrogens (tertiary/aromatic N) is 1. The Balaban J connectivity index is 1.82. The van der Waals surface area contributed by atoms with Crippen molar-refractivity contribution in [2.75, 3.05) is 13.8 Å². The highest BCUT2D eigenvalue weighted by Crippen LogP contribution is 2.33. The molecule has 6 heteroatoms. The van der Waals surface area contributed by atoms with Crippen LogP contribution in [-0.4, -0.2) is 26.6 Å². The lowest BCUT2D eigenvalue weighted by Crippen LogP contribution is -2.26. The molecule has 0 N–H and O–H groups in total. The Labute approximate surface area is 123 Å². The summed E-state index contributed by atoms with van der Waals surface area (Å²) >= 11 is 0. The highest BCUT2D eigenvalue weighted by atomic mass is 32.2. The van der Waals surface area contributed by atoms with Crippen molar-refractivity contribution in [1.29, 1.82) is 0 Å². The summed E-state index contributed by atoms with van der Waals surface area (Å²) in [6, 6.07) is 13.8. The highest BCUT2D eigenvalue weighted by Gasteiger charge is 2.21. The molecule has 110 valence electrons. The predicted octanol–water partition coefficient (Wildman–Crippen LogP) is 2.24. The summed E-state index contributed by atoms with van der Waals surface area (Å²) in [5.74, 6) is 1.34. The first kappa shape index (κ1) is 13.9. The van der Waals surface area contributed by atoms with Crippen molar-refractivity contribution in [3.05, 3.63) is 54.1 Å². The first-order valence-corrected chi connectivity index (χ1v) is 7.91. The standard InChI is InChI=1S/C15H15NO4S/c1-16(21(17,18)13-5-3-2-4-6-13)10-12-7-8-14-15(9-12)20-11-19-14/h2-9H,10-11H2,1H3. The van der Waals surface area contributed by atoms with Gasteiger partial charge in [-0.3, -0.25) is 0 Å². The number of benzene rings is 2. The second kappa shape index (κ2) is 5.38. The van der Waals surface area contributed by atoms with E-state index in [1.165, 1.54) is 4.31 Å². The Morgan fingerprint density at radius 2 is 1.76 bits per heavy atom. The number of rotatable bonds is 4. The van der Waals surface area contributed by atoms with Gasteiger partial charge in [-0.25, -0.2) is 8.42 Å². The third-order valence-corrected chi connectivity index (χ3v) is 5.11. The average molecular weight is 305 g/mol. The summed E-state index contributed by atoms with van der Waals surface area (Å²) in [6.45, 7) is 0.477. The summed E-state index contributed by atoms with van der Waals surface area (Å²) in [5.41, 5.74) is 0.848. The quantitative estimate of drug-likeness (QED) is 0.869. The Hall–Kier alpha value is -2.05. The molecular weight excluding hydrogens is 290 g/mol. The molecule has 0 unspecified atom stereocenters. The molecule has 21 heavy (non-hydrogen) atoms. The average Bonchev–Trinajstić information content (AvgIpc) is 2.95. The van der Waals surface area contributed by atoms with Crippen LogP contribution in [0.1, 0.15) is 5.56 Å². The fraction of sp³-hybridized carbons (Fsp3) is 0.200. The smallest absolute Gasteiger partial charge is 0.243 e. The molecule has 0 atom stereocenters. The van der Waals surface area contributed by atoms with Gasteiger partial charge in [-0.15, -0.1) is 0 Å². The second-order valence-electron chi connectivity index (χ2n) is 4.76. The van der Waals surface area contributed by atoms with Gasteiger partial charge in [0.05, 0.1) is 4.90 Å². The molecule has 1 aliphatic rings. The van der Waals surface area contributed by atoms with Crippen LogP contribution in [0.15, 0.2) is 53.4 Å². The molecule has 0 radical (unpaired) electrons. The van der Waals surface area contributed by atoms with E-state index in [2.05, 4.69) is 0 Å². The van der Waals surface area contributed by atoms with E-state index in [9.17, 15) is 8.42 Å². The highest BCUT2D eigenvalue weighted by molar-refractivity contribution is 7.89. The fourth-order valence-corrected chi connectivity index (χ4v) is 3.33. The minimum atomic E-state index is -3.49. The summed E-state index contributed by atoms with van der Waals surface area (Å²) in [7, 11) is -1.93. The topological polar surface area (TPSA) is 55.8 Å². The number of hydrogen-bond acceptors (Lipinski definition) is 4. The zero-order valence-electron chi connectivity index (χ0n) is 11.5. The molecule has 0 saturated carbocycles. The largest absolute Gasteiger partial charge is 0.454 e. The molecular formula is C15H15NO4S. The monoisotopic (exact) mass is 305 g/mol. The van der Waals surface area contributed by atoms with Gasteiger partial charge in [-0.05, 0) is 29.8 Å². The summed E-state index contributed by atoms with van der Waals surface area (Å²) in [5, 5.41) is 0. The minimum Gasteiger partial charge on any atom is -0.454 e. The van der Waals surface area contributed by atoms with E-state index in [0.29, 0.717) is 11.5 Å². The van der Waals surface area contributed by atoms with Crippen LogP contribution in [0.4, 0.5) is 0 Å². The zero-order chi connectivity index (χ0) is 14.9. The molecule has 0 fully saturated rings. The lowest BCUT2D eigenvalue weighted by atomic mass is 10.2. The maximum Gasteiger partial charge on any atom is 0.243 e. The van der Waals surface area contributed by atoms with E-state index in [4.69, 9.17) is 9.47 Å². The number of hydrogen-bond donors (Lipinski definition) is 0. The van der Waals surface area contributed by atoms with Gasteiger partial charge in [-0.2, -0.15) is 4.31 Å². The van der Waals surface area contributed by atoms with Crippen LogP contribution in [0.2, 0.25) is 0 Å². The molecule has 5 nitrogen and oxygen atoms in total. The number of ether oxygens (including phenoxy) is 2. The van der Waals surface area contributed by atoms with Gasteiger partial charge in [-0.1, -0.05) is 24.3 Å². The van der Waals surface area contributed by atoms with Crippen molar-refractivity contribution in [1.82, 2.24) is 4.31 Å². The minimum absolute atomic E-state index is 0.205. The summed E-state index contributed by atoms with van der Waals surface area (Å²) in [6.07, 6.45) is 0. The van der Waals surface area contributed by atoms with Gasteiger partial charge >= 0.3 is 0 Å². The third kappa shape index (κ3) is 2.72. The van der Waals surface area contributed by atoms with Crippen molar-refractivity contribution in [3.63, 3.8) is 0 Å². The van der Waals surface area contributed by atoms with Crippen LogP contribution >= 0.6 is 0 Å². The van der Waals surface area contributed by atoms with E-state index in [1.54, 1.807) is 49.5 Å². The van der Waals surface area contributed by atoms with Crippen LogP contribution in [0.5, 0.6) is 11.5 Å². The normalized spacial score (nSPS) is 13.6. The van der Waals surface area contributed by atoms with Crippen LogP contribution in [0.3, 0.4) is 0 Å². The maximum absolute atomic E-state index is 12.4. The fourth-order valence-electron chi connectivity index (χ4n) is 2.15. The zero-order valence-corrected chi connectivity index (χ0v) is 12.3. The Morgan fingerprint density at radius 1 is 1.05 bits per heavy atom. The molecule has 0 aromatic heterocycles. The Bertz CT molecular complexity index is 744. The van der Waals surface area contributed by atoms with Crippen LogP contribution in [0, 0.1) is 0 Å². The van der Waals surface area contributed by atoms with Gasteiger partial charge < -0.3 is 9.47 Å². The molecule has 1 aliphatic heterocycles. The number of sulfonamides is 1. The maximum atomic E-state index is 12.4. The van der Waals surface area contributed by atoms with Crippen LogP contribution < -0.4 is 9.47 Å². The van der Waals surface area contributed by atoms with Gasteiger partial charge in [0.15, 0.2) is 11.5 Å². The first-order valence-electron chi connectivity index (χ1n) is 6.47. The lowest BCUT2D eigenvalue weighted by Gasteiger charge is -2.17. The Morgan fingerprint density at radius 3 is 2.52 bits per heavy atom. The van der Waals surface area contributed by atoms with Gasteiger partial charge in [0, 0.05) is 13.6 Å². The van der Waals surface area contributed by atoms with Crippen LogP contribution in [-0.2, 0) is 16.6 Å².